The molecule has 3 rings (SSSR count). The number of para-hydroxylation sites is 1. The highest BCUT2D eigenvalue weighted by Crippen LogP contribution is 2.22. The maximum absolute atomic E-state index is 12.5. The Morgan fingerprint density at radius 1 is 1.00 bits per heavy atom. The topological polar surface area (TPSA) is 37.1 Å². The monoisotopic (exact) mass is 410 g/mol. The molecule has 154 valence electrons. The van der Waals surface area contributed by atoms with Gasteiger partial charge in [0.25, 0.3) is 0 Å². The van der Waals surface area contributed by atoms with E-state index in [4.69, 9.17) is 4.99 Å². The maximum Gasteiger partial charge on any atom is 0.165 e. The van der Waals surface area contributed by atoms with Crippen molar-refractivity contribution in [1.29, 1.82) is 0 Å². The van der Waals surface area contributed by atoms with Crippen LogP contribution < -0.4 is 4.90 Å². The molecule has 0 unspecified atom stereocenters. The lowest BCUT2D eigenvalue weighted by molar-refractivity contribution is -0.917. The van der Waals surface area contributed by atoms with E-state index in [1.165, 1.54) is 5.56 Å². The molecule has 4 nitrogen and oxygen atoms in total. The van der Waals surface area contributed by atoms with E-state index >= 15 is 0 Å². The average molecular weight is 411 g/mol. The predicted octanol–water partition coefficient (Wildman–Crippen LogP) is 3.42. The first-order chi connectivity index (χ1) is 13.9. The molecule has 2 aromatic rings. The van der Waals surface area contributed by atoms with Crippen LogP contribution in [0.25, 0.3) is 0 Å². The van der Waals surface area contributed by atoms with E-state index < -0.39 is 0 Å². The number of benzene rings is 2. The molecule has 0 atom stereocenters. The first-order valence-corrected chi connectivity index (χ1v) is 11.3. The van der Waals surface area contributed by atoms with Crippen molar-refractivity contribution >= 4 is 28.4 Å². The van der Waals surface area contributed by atoms with E-state index in [0.717, 1.165) is 43.6 Å². The van der Waals surface area contributed by atoms with Gasteiger partial charge in [0.15, 0.2) is 5.17 Å². The lowest BCUT2D eigenvalue weighted by atomic mass is 9.92. The van der Waals surface area contributed by atoms with Gasteiger partial charge in [-0.3, -0.25) is 4.79 Å². The number of amidine groups is 1. The van der Waals surface area contributed by atoms with Gasteiger partial charge in [-0.05, 0) is 12.1 Å². The van der Waals surface area contributed by atoms with E-state index in [9.17, 15) is 4.79 Å². The van der Waals surface area contributed by atoms with Gasteiger partial charge >= 0.3 is 0 Å². The molecule has 1 saturated heterocycles. The van der Waals surface area contributed by atoms with Gasteiger partial charge in [0.1, 0.15) is 12.3 Å². The fourth-order valence-electron chi connectivity index (χ4n) is 3.23. The number of thioether (sulfide) groups is 1. The van der Waals surface area contributed by atoms with E-state index in [-0.39, 0.29) is 11.2 Å². The van der Waals surface area contributed by atoms with Crippen LogP contribution in [0.3, 0.4) is 0 Å². The predicted molar refractivity (Wildman–Crippen MR) is 123 cm³/mol. The molecule has 2 aromatic carbocycles. The number of ketones is 1. The third kappa shape index (κ3) is 6.72. The minimum absolute atomic E-state index is 0.261. The smallest absolute Gasteiger partial charge is 0.165 e. The van der Waals surface area contributed by atoms with E-state index in [1.807, 2.05) is 51.1 Å². The van der Waals surface area contributed by atoms with Crippen LogP contribution in [0, 0.1) is 5.41 Å². The third-order valence-electron chi connectivity index (χ3n) is 5.19. The van der Waals surface area contributed by atoms with Crippen molar-refractivity contribution in [2.75, 3.05) is 31.9 Å². The molecule has 0 saturated carbocycles. The molecular weight excluding hydrogens is 378 g/mol. The number of Topliss-reactive ketones (excluding diaryl/α,β-unsaturated/α-hetero) is 1. The lowest BCUT2D eigenvalue weighted by Crippen LogP contribution is -3.13. The molecule has 5 heteroatoms. The highest BCUT2D eigenvalue weighted by Gasteiger charge is 2.26. The van der Waals surface area contributed by atoms with Gasteiger partial charge in [-0.1, -0.05) is 81.1 Å². The Hall–Kier alpha value is -2.11. The summed E-state index contributed by atoms with van der Waals surface area (Å²) in [6.45, 7) is 11.1. The molecule has 29 heavy (non-hydrogen) atoms. The molecule has 1 aliphatic rings. The number of hydrogen-bond donors (Lipinski definition) is 1. The standard InChI is InChI=1S/C24H31N3OS/c1-24(2,3)22(28)19-29-23(25-21-12-8-5-9-13-21)27-16-14-26(15-17-27)18-20-10-6-4-7-11-20/h4-13H,14-19H2,1-3H3/p+1. The third-order valence-corrected chi connectivity index (χ3v) is 6.20. The second kappa shape index (κ2) is 10.1. The summed E-state index contributed by atoms with van der Waals surface area (Å²) < 4.78 is 0. The van der Waals surface area contributed by atoms with Crippen LogP contribution in [0.15, 0.2) is 65.7 Å². The number of quaternary nitrogens is 1. The molecule has 0 bridgehead atoms. The van der Waals surface area contributed by atoms with Crippen LogP contribution in [0.4, 0.5) is 5.69 Å². The van der Waals surface area contributed by atoms with Gasteiger partial charge in [-0.25, -0.2) is 4.99 Å². The molecule has 0 aliphatic carbocycles. The molecule has 0 radical (unpaired) electrons. The highest BCUT2D eigenvalue weighted by molar-refractivity contribution is 8.14. The SMILES string of the molecule is CC(C)(C)C(=O)CSC(=Nc1ccccc1)N1CC[NH+](Cc2ccccc2)CC1. The number of aliphatic imine (C=N–C) groups is 1. The largest absolute Gasteiger partial charge is 0.340 e. The summed E-state index contributed by atoms with van der Waals surface area (Å²) in [5, 5.41) is 0.965. The first kappa shape index (κ1) is 21.6. The summed E-state index contributed by atoms with van der Waals surface area (Å²) in [6.07, 6.45) is 0. The summed E-state index contributed by atoms with van der Waals surface area (Å²) in [6, 6.07) is 20.7. The van der Waals surface area contributed by atoms with Crippen molar-refractivity contribution in [3.8, 4) is 0 Å². The summed E-state index contributed by atoms with van der Waals surface area (Å²) in [7, 11) is 0. The number of carbonyl (C=O) groups excluding carboxylic acids is 1. The Bertz CT molecular complexity index is 807. The summed E-state index contributed by atoms with van der Waals surface area (Å²) in [5.74, 6) is 0.725. The first-order valence-electron chi connectivity index (χ1n) is 10.3. The van der Waals surface area contributed by atoms with Crippen molar-refractivity contribution in [3.05, 3.63) is 66.2 Å². The molecule has 0 spiro atoms. The van der Waals surface area contributed by atoms with Crippen molar-refractivity contribution < 1.29 is 9.69 Å². The van der Waals surface area contributed by atoms with Crippen molar-refractivity contribution in [1.82, 2.24) is 4.90 Å². The minimum atomic E-state index is -0.316. The fraction of sp³-hybridized carbons (Fsp3) is 0.417. The van der Waals surface area contributed by atoms with Crippen LogP contribution in [-0.4, -0.2) is 47.8 Å². The Morgan fingerprint density at radius 2 is 1.59 bits per heavy atom. The van der Waals surface area contributed by atoms with Crippen molar-refractivity contribution in [3.63, 3.8) is 0 Å². The molecule has 1 heterocycles. The minimum Gasteiger partial charge on any atom is -0.340 e. The zero-order valence-corrected chi connectivity index (χ0v) is 18.5. The molecule has 1 fully saturated rings. The zero-order valence-electron chi connectivity index (χ0n) is 17.7. The average Bonchev–Trinajstić information content (AvgIpc) is 2.72. The second-order valence-electron chi connectivity index (χ2n) is 8.59. The fourth-order valence-corrected chi connectivity index (χ4v) is 4.46. The Labute approximate surface area is 179 Å². The van der Waals surface area contributed by atoms with E-state index in [2.05, 4.69) is 35.2 Å². The van der Waals surface area contributed by atoms with Crippen LogP contribution in [0.2, 0.25) is 0 Å². The maximum atomic E-state index is 12.5. The van der Waals surface area contributed by atoms with Gasteiger partial charge in [-0.2, -0.15) is 0 Å². The van der Waals surface area contributed by atoms with E-state index in [0.29, 0.717) is 5.75 Å². The molecule has 0 aromatic heterocycles. The Kier molecular flexibility index (Phi) is 7.51. The highest BCUT2D eigenvalue weighted by atomic mass is 32.2. The zero-order chi connectivity index (χ0) is 20.7. The molecule has 1 aliphatic heterocycles. The van der Waals surface area contributed by atoms with Crippen LogP contribution in [-0.2, 0) is 11.3 Å². The van der Waals surface area contributed by atoms with Gasteiger partial charge in [0.05, 0.1) is 37.6 Å². The van der Waals surface area contributed by atoms with Crippen LogP contribution in [0.1, 0.15) is 26.3 Å². The lowest BCUT2D eigenvalue weighted by Gasteiger charge is -2.34. The van der Waals surface area contributed by atoms with Crippen molar-refractivity contribution in [2.45, 2.75) is 27.3 Å². The van der Waals surface area contributed by atoms with Gasteiger partial charge < -0.3 is 9.80 Å². The summed E-state index contributed by atoms with van der Waals surface area (Å²) >= 11 is 1.58. The quantitative estimate of drug-likeness (QED) is 0.606. The van der Waals surface area contributed by atoms with E-state index in [1.54, 1.807) is 16.7 Å². The summed E-state index contributed by atoms with van der Waals surface area (Å²) in [5.41, 5.74) is 2.01. The van der Waals surface area contributed by atoms with Crippen LogP contribution in [0.5, 0.6) is 0 Å². The van der Waals surface area contributed by atoms with Gasteiger partial charge in [0.2, 0.25) is 0 Å². The number of rotatable bonds is 5. The molecule has 1 N–H and O–H groups in total. The van der Waals surface area contributed by atoms with Crippen LogP contribution >= 0.6 is 11.8 Å². The van der Waals surface area contributed by atoms with Crippen molar-refractivity contribution in [2.24, 2.45) is 10.4 Å². The number of carbonyl (C=O) groups is 1. The molecule has 0 amide bonds. The molecular formula is C24H32N3OS+. The number of nitrogens with one attached hydrogen (secondary N) is 1. The van der Waals surface area contributed by atoms with Gasteiger partial charge in [-0.15, -0.1) is 0 Å². The number of hydrogen-bond acceptors (Lipinski definition) is 3. The Balaban J connectivity index is 1.65. The second-order valence-corrected chi connectivity index (χ2v) is 9.53. The Morgan fingerprint density at radius 3 is 2.17 bits per heavy atom. The summed E-state index contributed by atoms with van der Waals surface area (Å²) in [4.78, 5) is 21.3. The van der Waals surface area contributed by atoms with Gasteiger partial charge in [0, 0.05) is 11.0 Å². The normalized spacial score (nSPS) is 16.1. The number of piperazine rings is 1. The number of nitrogens with zero attached hydrogens (tertiary/aromatic N) is 2.